The molecule has 2 aromatic rings. The predicted octanol–water partition coefficient (Wildman–Crippen LogP) is 0.926. The predicted molar refractivity (Wildman–Crippen MR) is 93.1 cm³/mol. The third-order valence-electron chi connectivity index (χ3n) is 5.42. The Kier molecular flexibility index (Phi) is 4.02. The zero-order valence-electron chi connectivity index (χ0n) is 14.0. The second kappa shape index (κ2) is 6.32. The average Bonchev–Trinajstić information content (AvgIpc) is 3.12. The molecular formula is C19H24N3O2+. The molecule has 0 radical (unpaired) electrons. The lowest BCUT2D eigenvalue weighted by Crippen LogP contribution is -3.19. The SMILES string of the molecule is COc1ccccc1N1CC[NH+]([C@H]2CCc3[nH]ccc3C2=O)CC1. The van der Waals surface area contributed by atoms with Crippen LogP contribution in [-0.4, -0.2) is 50.1 Å². The van der Waals surface area contributed by atoms with Crippen molar-refractivity contribution in [3.63, 3.8) is 0 Å². The van der Waals surface area contributed by atoms with E-state index in [2.05, 4.69) is 22.0 Å². The van der Waals surface area contributed by atoms with Crippen LogP contribution in [0.1, 0.15) is 22.5 Å². The highest BCUT2D eigenvalue weighted by molar-refractivity contribution is 6.01. The number of methoxy groups -OCH3 is 1. The summed E-state index contributed by atoms with van der Waals surface area (Å²) in [4.78, 5) is 19.8. The van der Waals surface area contributed by atoms with E-state index in [9.17, 15) is 4.79 Å². The Morgan fingerprint density at radius 1 is 1.21 bits per heavy atom. The number of hydrogen-bond acceptors (Lipinski definition) is 3. The number of carbonyl (C=O) groups is 1. The molecule has 5 heteroatoms. The maximum Gasteiger partial charge on any atom is 0.221 e. The van der Waals surface area contributed by atoms with E-state index in [1.54, 1.807) is 7.11 Å². The molecule has 1 aliphatic carbocycles. The number of aromatic amines is 1. The number of carbonyl (C=O) groups excluding carboxylic acids is 1. The molecule has 2 N–H and O–H groups in total. The summed E-state index contributed by atoms with van der Waals surface area (Å²) in [5.74, 6) is 1.24. The summed E-state index contributed by atoms with van der Waals surface area (Å²) < 4.78 is 5.48. The van der Waals surface area contributed by atoms with Crippen molar-refractivity contribution in [2.75, 3.05) is 38.2 Å². The molecule has 2 aliphatic rings. The monoisotopic (exact) mass is 326 g/mol. The van der Waals surface area contributed by atoms with Crippen LogP contribution < -0.4 is 14.5 Å². The van der Waals surface area contributed by atoms with E-state index in [1.165, 1.54) is 4.90 Å². The van der Waals surface area contributed by atoms with Crippen LogP contribution in [0.15, 0.2) is 36.5 Å². The normalized spacial score (nSPS) is 21.6. The molecule has 1 atom stereocenters. The van der Waals surface area contributed by atoms with Gasteiger partial charge in [-0.25, -0.2) is 0 Å². The van der Waals surface area contributed by atoms with E-state index in [1.807, 2.05) is 24.4 Å². The first-order valence-electron chi connectivity index (χ1n) is 8.71. The van der Waals surface area contributed by atoms with Gasteiger partial charge in [0.15, 0.2) is 6.04 Å². The Balaban J connectivity index is 1.44. The number of piperazine rings is 1. The number of ether oxygens (including phenoxy) is 1. The van der Waals surface area contributed by atoms with Crippen molar-refractivity contribution in [3.8, 4) is 5.75 Å². The number of nitrogens with zero attached hydrogens (tertiary/aromatic N) is 1. The van der Waals surface area contributed by atoms with Crippen molar-refractivity contribution < 1.29 is 14.4 Å². The van der Waals surface area contributed by atoms with Crippen LogP contribution in [0.25, 0.3) is 0 Å². The van der Waals surface area contributed by atoms with Gasteiger partial charge in [0.1, 0.15) is 5.75 Å². The molecule has 2 heterocycles. The number of aryl methyl sites for hydroxylation is 1. The molecule has 1 aromatic carbocycles. The minimum Gasteiger partial charge on any atom is -0.495 e. The zero-order chi connectivity index (χ0) is 16.5. The number of nitrogens with one attached hydrogen (secondary N) is 2. The third kappa shape index (κ3) is 2.59. The Hall–Kier alpha value is -2.27. The summed E-state index contributed by atoms with van der Waals surface area (Å²) in [6.45, 7) is 3.90. The van der Waals surface area contributed by atoms with Crippen LogP contribution in [-0.2, 0) is 6.42 Å². The van der Waals surface area contributed by atoms with Gasteiger partial charge in [0.25, 0.3) is 0 Å². The van der Waals surface area contributed by atoms with Crippen molar-refractivity contribution in [2.45, 2.75) is 18.9 Å². The topological polar surface area (TPSA) is 49.8 Å². The smallest absolute Gasteiger partial charge is 0.221 e. The molecule has 1 aromatic heterocycles. The van der Waals surface area contributed by atoms with Crippen LogP contribution in [0.2, 0.25) is 0 Å². The van der Waals surface area contributed by atoms with Crippen molar-refractivity contribution >= 4 is 11.5 Å². The maximum atomic E-state index is 12.8. The summed E-state index contributed by atoms with van der Waals surface area (Å²) in [6, 6.07) is 10.2. The minimum atomic E-state index is 0.119. The molecule has 24 heavy (non-hydrogen) atoms. The third-order valence-corrected chi connectivity index (χ3v) is 5.42. The van der Waals surface area contributed by atoms with E-state index in [-0.39, 0.29) is 6.04 Å². The lowest BCUT2D eigenvalue weighted by atomic mass is 9.90. The van der Waals surface area contributed by atoms with Crippen LogP contribution in [0, 0.1) is 0 Å². The van der Waals surface area contributed by atoms with Crippen molar-refractivity contribution in [3.05, 3.63) is 47.8 Å². The van der Waals surface area contributed by atoms with Gasteiger partial charge in [-0.2, -0.15) is 0 Å². The molecule has 1 aliphatic heterocycles. The molecule has 0 bridgehead atoms. The number of anilines is 1. The van der Waals surface area contributed by atoms with E-state index in [4.69, 9.17) is 4.74 Å². The highest BCUT2D eigenvalue weighted by atomic mass is 16.5. The number of rotatable bonds is 3. The lowest BCUT2D eigenvalue weighted by molar-refractivity contribution is -0.916. The molecule has 5 nitrogen and oxygen atoms in total. The largest absolute Gasteiger partial charge is 0.495 e. The Morgan fingerprint density at radius 3 is 2.79 bits per heavy atom. The number of Topliss-reactive ketones (excluding diaryl/α,β-unsaturated/α-hetero) is 1. The minimum absolute atomic E-state index is 0.119. The zero-order valence-corrected chi connectivity index (χ0v) is 14.0. The van der Waals surface area contributed by atoms with Gasteiger partial charge in [-0.05, 0) is 24.6 Å². The maximum absolute atomic E-state index is 12.8. The molecule has 1 saturated heterocycles. The summed E-state index contributed by atoms with van der Waals surface area (Å²) in [6.07, 6.45) is 3.83. The van der Waals surface area contributed by atoms with Crippen LogP contribution in [0.4, 0.5) is 5.69 Å². The number of aromatic nitrogens is 1. The van der Waals surface area contributed by atoms with E-state index in [0.29, 0.717) is 5.78 Å². The fourth-order valence-electron chi connectivity index (χ4n) is 4.11. The first-order chi connectivity index (χ1) is 11.8. The second-order valence-electron chi connectivity index (χ2n) is 6.64. The molecule has 0 amide bonds. The molecule has 0 unspecified atom stereocenters. The van der Waals surface area contributed by atoms with E-state index in [0.717, 1.165) is 61.7 Å². The fraction of sp³-hybridized carbons (Fsp3) is 0.421. The van der Waals surface area contributed by atoms with Gasteiger partial charge < -0.3 is 19.5 Å². The molecule has 1 fully saturated rings. The number of para-hydroxylation sites is 2. The first kappa shape index (κ1) is 15.3. The van der Waals surface area contributed by atoms with Crippen LogP contribution in [0.5, 0.6) is 5.75 Å². The lowest BCUT2D eigenvalue weighted by Gasteiger charge is -2.38. The van der Waals surface area contributed by atoms with Gasteiger partial charge in [0.05, 0.1) is 39.0 Å². The Morgan fingerprint density at radius 2 is 2.00 bits per heavy atom. The van der Waals surface area contributed by atoms with Crippen molar-refractivity contribution in [1.29, 1.82) is 0 Å². The van der Waals surface area contributed by atoms with E-state index >= 15 is 0 Å². The molecule has 126 valence electrons. The van der Waals surface area contributed by atoms with Gasteiger partial charge in [-0.1, -0.05) is 12.1 Å². The van der Waals surface area contributed by atoms with Crippen molar-refractivity contribution in [1.82, 2.24) is 4.98 Å². The molecule has 0 spiro atoms. The highest BCUT2D eigenvalue weighted by Crippen LogP contribution is 2.27. The number of benzene rings is 1. The fourth-order valence-corrected chi connectivity index (χ4v) is 4.11. The van der Waals surface area contributed by atoms with Crippen molar-refractivity contribution in [2.24, 2.45) is 0 Å². The number of fused-ring (bicyclic) bond motifs is 1. The quantitative estimate of drug-likeness (QED) is 0.882. The number of H-pyrrole nitrogens is 1. The summed E-state index contributed by atoms with van der Waals surface area (Å²) in [5.41, 5.74) is 3.18. The number of hydrogen-bond donors (Lipinski definition) is 2. The standard InChI is InChI=1S/C19H23N3O2/c1-24-18-5-3-2-4-16(18)21-10-12-22(13-11-21)17-7-6-15-14(19(17)23)8-9-20-15/h2-5,8-9,17,20H,6-7,10-13H2,1H3/p+1/t17-/m0/s1. The average molecular weight is 326 g/mol. The van der Waals surface area contributed by atoms with Gasteiger partial charge >= 0.3 is 0 Å². The van der Waals surface area contributed by atoms with Crippen LogP contribution in [0.3, 0.4) is 0 Å². The van der Waals surface area contributed by atoms with Gasteiger partial charge in [-0.15, -0.1) is 0 Å². The number of ketones is 1. The first-order valence-corrected chi connectivity index (χ1v) is 8.71. The molecule has 0 saturated carbocycles. The second-order valence-corrected chi connectivity index (χ2v) is 6.64. The van der Waals surface area contributed by atoms with Crippen LogP contribution >= 0.6 is 0 Å². The molecule has 4 rings (SSSR count). The Labute approximate surface area is 142 Å². The highest BCUT2D eigenvalue weighted by Gasteiger charge is 2.37. The molecular weight excluding hydrogens is 302 g/mol. The van der Waals surface area contributed by atoms with E-state index < -0.39 is 0 Å². The summed E-state index contributed by atoms with van der Waals surface area (Å²) in [7, 11) is 1.72. The van der Waals surface area contributed by atoms with Gasteiger partial charge in [0.2, 0.25) is 5.78 Å². The van der Waals surface area contributed by atoms with Gasteiger partial charge in [0, 0.05) is 23.9 Å². The van der Waals surface area contributed by atoms with Gasteiger partial charge in [-0.3, -0.25) is 4.79 Å². The number of quaternary nitrogens is 1. The summed E-state index contributed by atoms with van der Waals surface area (Å²) in [5, 5.41) is 0. The Bertz CT molecular complexity index is 732. The summed E-state index contributed by atoms with van der Waals surface area (Å²) >= 11 is 0.